The van der Waals surface area contributed by atoms with Crippen LogP contribution in [0.5, 0.6) is 5.75 Å². The average Bonchev–Trinajstić information content (AvgIpc) is 2.40. The summed E-state index contributed by atoms with van der Waals surface area (Å²) < 4.78 is 5.54. The van der Waals surface area contributed by atoms with Gasteiger partial charge in [-0.2, -0.15) is 0 Å². The molecule has 0 radical (unpaired) electrons. The van der Waals surface area contributed by atoms with Gasteiger partial charge in [-0.3, -0.25) is 4.79 Å². The predicted molar refractivity (Wildman–Crippen MR) is 87.6 cm³/mol. The predicted octanol–water partition coefficient (Wildman–Crippen LogP) is 2.71. The van der Waals surface area contributed by atoms with Gasteiger partial charge in [0.25, 0.3) is 5.91 Å². The molecule has 118 valence electrons. The quantitative estimate of drug-likeness (QED) is 0.891. The standard InChI is InChI=1S/C15H21ClN2O2.ClH/c1-10-8-12(16)5-6-14(10)20-9-15(19)18-13-4-3-7-17-11(13)2;/h5-6,8,11,13,17H,3-4,7,9H2,1-2H3,(H,18,19);1H. The maximum Gasteiger partial charge on any atom is 0.258 e. The Morgan fingerprint density at radius 3 is 2.95 bits per heavy atom. The second kappa shape index (κ2) is 8.47. The lowest BCUT2D eigenvalue weighted by atomic mass is 10.00. The first-order valence-corrected chi connectivity index (χ1v) is 7.36. The molecule has 1 saturated heterocycles. The smallest absolute Gasteiger partial charge is 0.258 e. The van der Waals surface area contributed by atoms with Crippen LogP contribution in [0.2, 0.25) is 5.02 Å². The Bertz CT molecular complexity index is 483. The van der Waals surface area contributed by atoms with Gasteiger partial charge in [0.05, 0.1) is 0 Å². The summed E-state index contributed by atoms with van der Waals surface area (Å²) in [5.74, 6) is 0.610. The molecule has 2 atom stereocenters. The third kappa shape index (κ3) is 5.38. The van der Waals surface area contributed by atoms with Crippen molar-refractivity contribution in [3.63, 3.8) is 0 Å². The first kappa shape index (κ1) is 18.1. The Balaban J connectivity index is 0.00000220. The van der Waals surface area contributed by atoms with Gasteiger partial charge in [0.2, 0.25) is 0 Å². The Hall–Kier alpha value is -0.970. The van der Waals surface area contributed by atoms with E-state index in [1.165, 1.54) is 0 Å². The number of benzene rings is 1. The lowest BCUT2D eigenvalue weighted by Crippen LogP contribution is -2.52. The van der Waals surface area contributed by atoms with Crippen LogP contribution in [0.1, 0.15) is 25.3 Å². The Labute approximate surface area is 137 Å². The summed E-state index contributed by atoms with van der Waals surface area (Å²) in [5, 5.41) is 7.04. The summed E-state index contributed by atoms with van der Waals surface area (Å²) in [7, 11) is 0. The third-order valence-electron chi connectivity index (χ3n) is 3.60. The highest BCUT2D eigenvalue weighted by molar-refractivity contribution is 6.30. The maximum absolute atomic E-state index is 11.9. The van der Waals surface area contributed by atoms with Crippen LogP contribution in [0, 0.1) is 6.92 Å². The van der Waals surface area contributed by atoms with Gasteiger partial charge < -0.3 is 15.4 Å². The van der Waals surface area contributed by atoms with Crippen molar-refractivity contribution in [3.05, 3.63) is 28.8 Å². The zero-order valence-electron chi connectivity index (χ0n) is 12.3. The van der Waals surface area contributed by atoms with Crippen LogP contribution in [-0.4, -0.2) is 31.1 Å². The molecule has 1 aliphatic rings. The molecule has 4 nitrogen and oxygen atoms in total. The number of halogens is 2. The van der Waals surface area contributed by atoms with Crippen molar-refractivity contribution < 1.29 is 9.53 Å². The maximum atomic E-state index is 11.9. The second-order valence-electron chi connectivity index (χ2n) is 5.26. The van der Waals surface area contributed by atoms with Crippen molar-refractivity contribution >= 4 is 29.9 Å². The van der Waals surface area contributed by atoms with E-state index in [-0.39, 0.29) is 31.0 Å². The molecule has 0 saturated carbocycles. The highest BCUT2D eigenvalue weighted by atomic mass is 35.5. The molecule has 0 aromatic heterocycles. The highest BCUT2D eigenvalue weighted by Crippen LogP contribution is 2.21. The average molecular weight is 333 g/mol. The van der Waals surface area contributed by atoms with E-state index in [1.54, 1.807) is 12.1 Å². The zero-order valence-corrected chi connectivity index (χ0v) is 13.9. The Kier molecular flexibility index (Phi) is 7.29. The zero-order chi connectivity index (χ0) is 14.5. The van der Waals surface area contributed by atoms with Gasteiger partial charge in [-0.25, -0.2) is 0 Å². The van der Waals surface area contributed by atoms with Crippen LogP contribution in [0.25, 0.3) is 0 Å². The molecule has 6 heteroatoms. The SMILES string of the molecule is Cc1cc(Cl)ccc1OCC(=O)NC1CCCNC1C.Cl. The first-order chi connectivity index (χ1) is 9.56. The number of amides is 1. The third-order valence-corrected chi connectivity index (χ3v) is 3.84. The number of carbonyl (C=O) groups excluding carboxylic acids is 1. The molecule has 0 spiro atoms. The van der Waals surface area contributed by atoms with Crippen LogP contribution < -0.4 is 15.4 Å². The number of ether oxygens (including phenoxy) is 1. The Morgan fingerprint density at radius 2 is 2.29 bits per heavy atom. The van der Waals surface area contributed by atoms with Gasteiger partial charge in [0, 0.05) is 17.1 Å². The van der Waals surface area contributed by atoms with Crippen molar-refractivity contribution in [2.45, 2.75) is 38.8 Å². The lowest BCUT2D eigenvalue weighted by Gasteiger charge is -2.30. The molecule has 1 aliphatic heterocycles. The minimum absolute atomic E-state index is 0. The number of carbonyl (C=O) groups is 1. The molecule has 2 rings (SSSR count). The number of nitrogens with one attached hydrogen (secondary N) is 2. The van der Waals surface area contributed by atoms with Crippen molar-refractivity contribution in [2.24, 2.45) is 0 Å². The summed E-state index contributed by atoms with van der Waals surface area (Å²) >= 11 is 5.88. The van der Waals surface area contributed by atoms with Gasteiger partial charge in [0.1, 0.15) is 5.75 Å². The number of hydrogen-bond acceptors (Lipinski definition) is 3. The van der Waals surface area contributed by atoms with Gasteiger partial charge in [-0.05, 0) is 57.0 Å². The van der Waals surface area contributed by atoms with E-state index in [4.69, 9.17) is 16.3 Å². The van der Waals surface area contributed by atoms with Crippen LogP contribution in [0.15, 0.2) is 18.2 Å². The molecule has 2 N–H and O–H groups in total. The fourth-order valence-corrected chi connectivity index (χ4v) is 2.63. The van der Waals surface area contributed by atoms with Crippen molar-refractivity contribution in [2.75, 3.05) is 13.2 Å². The van der Waals surface area contributed by atoms with E-state index < -0.39 is 0 Å². The van der Waals surface area contributed by atoms with E-state index in [1.807, 2.05) is 13.0 Å². The van der Waals surface area contributed by atoms with Gasteiger partial charge >= 0.3 is 0 Å². The van der Waals surface area contributed by atoms with Crippen molar-refractivity contribution in [1.29, 1.82) is 0 Å². The fourth-order valence-electron chi connectivity index (χ4n) is 2.41. The van der Waals surface area contributed by atoms with E-state index in [9.17, 15) is 4.79 Å². The van der Waals surface area contributed by atoms with Crippen LogP contribution in [-0.2, 0) is 4.79 Å². The summed E-state index contributed by atoms with van der Waals surface area (Å²) in [6.45, 7) is 5.06. The van der Waals surface area contributed by atoms with Crippen molar-refractivity contribution in [3.8, 4) is 5.75 Å². The molecule has 1 heterocycles. The Morgan fingerprint density at radius 1 is 1.52 bits per heavy atom. The monoisotopic (exact) mass is 332 g/mol. The summed E-state index contributed by atoms with van der Waals surface area (Å²) in [6.07, 6.45) is 2.10. The molecular weight excluding hydrogens is 311 g/mol. The van der Waals surface area contributed by atoms with Crippen molar-refractivity contribution in [1.82, 2.24) is 10.6 Å². The summed E-state index contributed by atoms with van der Waals surface area (Å²) in [4.78, 5) is 11.9. The van der Waals surface area contributed by atoms with Gasteiger partial charge in [-0.15, -0.1) is 12.4 Å². The summed E-state index contributed by atoms with van der Waals surface area (Å²) in [6, 6.07) is 5.86. The second-order valence-corrected chi connectivity index (χ2v) is 5.69. The fraction of sp³-hybridized carbons (Fsp3) is 0.533. The van der Waals surface area contributed by atoms with Crippen LogP contribution in [0.3, 0.4) is 0 Å². The molecule has 21 heavy (non-hydrogen) atoms. The largest absolute Gasteiger partial charge is 0.484 e. The number of aryl methyl sites for hydroxylation is 1. The first-order valence-electron chi connectivity index (χ1n) is 6.98. The molecule has 1 fully saturated rings. The number of rotatable bonds is 4. The number of hydrogen-bond donors (Lipinski definition) is 2. The van der Waals surface area contributed by atoms with E-state index >= 15 is 0 Å². The lowest BCUT2D eigenvalue weighted by molar-refractivity contribution is -0.124. The minimum atomic E-state index is -0.0834. The molecule has 1 aromatic carbocycles. The molecule has 0 bridgehead atoms. The van der Waals surface area contributed by atoms with E-state index in [0.717, 1.165) is 24.9 Å². The molecular formula is C15H22Cl2N2O2. The van der Waals surface area contributed by atoms with Crippen LogP contribution in [0.4, 0.5) is 0 Å². The normalized spacial score (nSPS) is 21.3. The van der Waals surface area contributed by atoms with Gasteiger partial charge in [-0.1, -0.05) is 11.6 Å². The molecule has 1 amide bonds. The van der Waals surface area contributed by atoms with Crippen LogP contribution >= 0.6 is 24.0 Å². The van der Waals surface area contributed by atoms with E-state index in [0.29, 0.717) is 16.8 Å². The van der Waals surface area contributed by atoms with Gasteiger partial charge in [0.15, 0.2) is 6.61 Å². The minimum Gasteiger partial charge on any atom is -0.484 e. The van der Waals surface area contributed by atoms with E-state index in [2.05, 4.69) is 17.6 Å². The number of piperidine rings is 1. The highest BCUT2D eigenvalue weighted by Gasteiger charge is 2.22. The molecule has 0 aliphatic carbocycles. The molecule has 1 aromatic rings. The summed E-state index contributed by atoms with van der Waals surface area (Å²) in [5.41, 5.74) is 0.929. The topological polar surface area (TPSA) is 50.4 Å². The molecule has 2 unspecified atom stereocenters.